The largest absolute Gasteiger partial charge is 0.450 e. The lowest BCUT2D eigenvalue weighted by Crippen LogP contribution is -2.67. The van der Waals surface area contributed by atoms with E-state index in [1.54, 1.807) is 20.8 Å². The van der Waals surface area contributed by atoms with E-state index < -0.39 is 72.3 Å². The summed E-state index contributed by atoms with van der Waals surface area (Å²) in [7, 11) is 0. The first-order valence-electron chi connectivity index (χ1n) is 23.3. The van der Waals surface area contributed by atoms with Crippen molar-refractivity contribution >= 4 is 18.0 Å². The van der Waals surface area contributed by atoms with Crippen LogP contribution in [-0.4, -0.2) is 73.0 Å². The summed E-state index contributed by atoms with van der Waals surface area (Å²) in [5.41, 5.74) is 4.26. The molecule has 0 bridgehead atoms. The maximum atomic E-state index is 15.4. The van der Waals surface area contributed by atoms with Crippen LogP contribution in [0.4, 0.5) is 4.79 Å². The van der Waals surface area contributed by atoms with Gasteiger partial charge in [0.15, 0.2) is 6.23 Å². The molecule has 6 aromatic carbocycles. The van der Waals surface area contributed by atoms with E-state index in [-0.39, 0.29) is 33.0 Å². The summed E-state index contributed by atoms with van der Waals surface area (Å²) in [6, 6.07) is 56.6. The van der Waals surface area contributed by atoms with Crippen LogP contribution < -0.4 is 10.6 Å². The first kappa shape index (κ1) is 50.2. The molecule has 0 spiro atoms. The number of hydrogen-bond donors (Lipinski definition) is 2. The number of esters is 1. The van der Waals surface area contributed by atoms with Gasteiger partial charge in [0, 0.05) is 12.8 Å². The second kappa shape index (κ2) is 25.1. The number of ether oxygens (including phenoxy) is 7. The zero-order valence-corrected chi connectivity index (χ0v) is 39.6. The summed E-state index contributed by atoms with van der Waals surface area (Å²) in [6.45, 7) is 7.27. The van der Waals surface area contributed by atoms with Crippen LogP contribution in [0.5, 0.6) is 0 Å². The number of amides is 2. The van der Waals surface area contributed by atoms with Crippen molar-refractivity contribution in [2.45, 2.75) is 108 Å². The molecule has 12 nitrogen and oxygen atoms in total. The van der Waals surface area contributed by atoms with Crippen molar-refractivity contribution in [1.29, 1.82) is 0 Å². The highest BCUT2D eigenvalue weighted by atomic mass is 16.6. The third kappa shape index (κ3) is 15.2. The van der Waals surface area contributed by atoms with Crippen LogP contribution in [0.25, 0.3) is 0 Å². The molecule has 0 aromatic heterocycles. The molecular formula is C57H62N2O10. The van der Waals surface area contributed by atoms with E-state index in [2.05, 4.69) is 10.6 Å². The van der Waals surface area contributed by atoms with E-state index in [9.17, 15) is 9.59 Å². The lowest BCUT2D eigenvalue weighted by molar-refractivity contribution is -0.277. The van der Waals surface area contributed by atoms with E-state index in [1.165, 1.54) is 6.92 Å². The van der Waals surface area contributed by atoms with E-state index in [0.717, 1.165) is 33.4 Å². The Balaban J connectivity index is 1.30. The molecule has 360 valence electrons. The fraction of sp³-hybridized carbons (Fsp3) is 0.316. The normalized spacial score (nSPS) is 18.9. The molecule has 0 saturated carbocycles. The lowest BCUT2D eigenvalue weighted by Gasteiger charge is -2.46. The molecule has 1 saturated heterocycles. The highest BCUT2D eigenvalue weighted by molar-refractivity contribution is 5.85. The van der Waals surface area contributed by atoms with Crippen LogP contribution in [0.3, 0.4) is 0 Å². The number of carbonyl (C=O) groups is 3. The molecule has 2 amide bonds. The summed E-state index contributed by atoms with van der Waals surface area (Å²) >= 11 is 0. The Morgan fingerprint density at radius 1 is 0.551 bits per heavy atom. The van der Waals surface area contributed by atoms with Gasteiger partial charge in [0.1, 0.15) is 30.0 Å². The quantitative estimate of drug-likeness (QED) is 0.0671. The number of alkyl carbamates (subject to hydrolysis) is 1. The smallest absolute Gasteiger partial charge is 0.408 e. The van der Waals surface area contributed by atoms with Gasteiger partial charge in [-0.15, -0.1) is 0 Å². The number of carbonyl (C=O) groups excluding carboxylic acids is 3. The predicted octanol–water partition coefficient (Wildman–Crippen LogP) is 9.46. The van der Waals surface area contributed by atoms with Crippen LogP contribution in [0.2, 0.25) is 0 Å². The number of hydrogen-bond acceptors (Lipinski definition) is 10. The van der Waals surface area contributed by atoms with E-state index in [4.69, 9.17) is 33.2 Å². The number of benzene rings is 6. The highest BCUT2D eigenvalue weighted by Gasteiger charge is 2.50. The molecule has 7 rings (SSSR count). The molecule has 12 heteroatoms. The molecular weight excluding hydrogens is 873 g/mol. The molecule has 0 radical (unpaired) electrons. The summed E-state index contributed by atoms with van der Waals surface area (Å²) in [5.74, 6) is -2.24. The first-order chi connectivity index (χ1) is 33.5. The molecule has 1 aliphatic heterocycles. The second-order valence-corrected chi connectivity index (χ2v) is 17.9. The predicted molar refractivity (Wildman–Crippen MR) is 261 cm³/mol. The molecule has 1 heterocycles. The summed E-state index contributed by atoms with van der Waals surface area (Å²) in [6.07, 6.45) is -7.19. The summed E-state index contributed by atoms with van der Waals surface area (Å²) in [5, 5.41) is 6.04. The Hall–Kier alpha value is -6.67. The van der Waals surface area contributed by atoms with Gasteiger partial charge in [-0.3, -0.25) is 9.59 Å². The monoisotopic (exact) mass is 934 g/mol. The maximum Gasteiger partial charge on any atom is 0.408 e. The minimum atomic E-state index is -1.64. The van der Waals surface area contributed by atoms with Crippen molar-refractivity contribution in [3.05, 3.63) is 215 Å². The molecule has 7 atom stereocenters. The van der Waals surface area contributed by atoms with Crippen LogP contribution in [0.15, 0.2) is 182 Å². The van der Waals surface area contributed by atoms with E-state index in [1.807, 2.05) is 182 Å². The number of nitrogens with one attached hydrogen (secondary N) is 2. The van der Waals surface area contributed by atoms with Crippen LogP contribution in [0, 0.1) is 0 Å². The van der Waals surface area contributed by atoms with E-state index >= 15 is 4.79 Å². The average Bonchev–Trinajstić information content (AvgIpc) is 3.35. The fourth-order valence-electron chi connectivity index (χ4n) is 8.30. The van der Waals surface area contributed by atoms with Gasteiger partial charge in [-0.25, -0.2) is 4.79 Å². The Labute approximate surface area is 405 Å². The van der Waals surface area contributed by atoms with Gasteiger partial charge in [-0.1, -0.05) is 182 Å². The van der Waals surface area contributed by atoms with Crippen molar-refractivity contribution in [2.24, 2.45) is 0 Å². The van der Waals surface area contributed by atoms with Crippen molar-refractivity contribution in [3.8, 4) is 0 Å². The van der Waals surface area contributed by atoms with E-state index in [0.29, 0.717) is 0 Å². The molecule has 0 aliphatic carbocycles. The third-order valence-corrected chi connectivity index (χ3v) is 11.4. The van der Waals surface area contributed by atoms with Gasteiger partial charge < -0.3 is 43.8 Å². The molecule has 0 unspecified atom stereocenters. The fourth-order valence-corrected chi connectivity index (χ4v) is 8.30. The minimum absolute atomic E-state index is 0.0393. The Morgan fingerprint density at radius 2 is 0.957 bits per heavy atom. The molecule has 1 fully saturated rings. The van der Waals surface area contributed by atoms with Crippen molar-refractivity contribution < 1.29 is 47.5 Å². The van der Waals surface area contributed by atoms with Gasteiger partial charge in [0.05, 0.1) is 39.1 Å². The van der Waals surface area contributed by atoms with Crippen LogP contribution >= 0.6 is 0 Å². The Morgan fingerprint density at radius 3 is 1.39 bits per heavy atom. The van der Waals surface area contributed by atoms with Gasteiger partial charge in [-0.05, 0) is 54.2 Å². The Kier molecular flexibility index (Phi) is 18.3. The van der Waals surface area contributed by atoms with Gasteiger partial charge in [0.2, 0.25) is 6.10 Å². The lowest BCUT2D eigenvalue weighted by atomic mass is 9.82. The van der Waals surface area contributed by atoms with Gasteiger partial charge in [0.25, 0.3) is 5.91 Å². The van der Waals surface area contributed by atoms with Gasteiger partial charge in [-0.2, -0.15) is 0 Å². The summed E-state index contributed by atoms with van der Waals surface area (Å²) < 4.78 is 45.7. The van der Waals surface area contributed by atoms with Crippen molar-refractivity contribution in [3.63, 3.8) is 0 Å². The molecule has 2 N–H and O–H groups in total. The third-order valence-electron chi connectivity index (χ3n) is 11.4. The SMILES string of the molecule is CC(=O)O[C@H](C(=O)N[C@@H]1O[C@H](COCc2ccccc2)[C@@H](OCc2ccccc2)[C@H](OCc2ccccc2)[C@H]1OCc1ccccc1)[C@@H](NC(=O)OC(C)(C)C)C(c1ccccc1)c1ccccc1. The van der Waals surface area contributed by atoms with Crippen LogP contribution in [0.1, 0.15) is 67.0 Å². The summed E-state index contributed by atoms with van der Waals surface area (Å²) in [4.78, 5) is 42.5. The van der Waals surface area contributed by atoms with Gasteiger partial charge >= 0.3 is 12.1 Å². The maximum absolute atomic E-state index is 15.4. The highest BCUT2D eigenvalue weighted by Crippen LogP contribution is 2.34. The first-order valence-corrected chi connectivity index (χ1v) is 23.3. The topological polar surface area (TPSA) is 140 Å². The Bertz CT molecular complexity index is 2420. The average molecular weight is 935 g/mol. The molecule has 1 aliphatic rings. The number of rotatable bonds is 21. The van der Waals surface area contributed by atoms with Crippen molar-refractivity contribution in [1.82, 2.24) is 10.6 Å². The zero-order chi connectivity index (χ0) is 48.4. The second-order valence-electron chi connectivity index (χ2n) is 17.9. The van der Waals surface area contributed by atoms with Crippen molar-refractivity contribution in [2.75, 3.05) is 6.61 Å². The molecule has 69 heavy (non-hydrogen) atoms. The minimum Gasteiger partial charge on any atom is -0.450 e. The zero-order valence-electron chi connectivity index (χ0n) is 39.6. The molecule has 6 aromatic rings. The van der Waals surface area contributed by atoms with Crippen LogP contribution in [-0.2, 0) is 69.2 Å². The standard InChI is InChI=1S/C57H62N2O10/c1-40(60)67-51(49(58-56(62)69-57(2,3)4)48(45-31-19-9-20-32-45)46-33-21-10-22-34-46)54(61)59-55-53(66-38-44-29-17-8-18-30-44)52(65-37-43-27-15-7-16-28-43)50(64-36-42-25-13-6-14-26-42)47(68-55)39-63-35-41-23-11-5-12-24-41/h5-34,47-53,55H,35-39H2,1-4H3,(H,58,62)(H,59,61)/t47-,49+,50-,51+,52+,53-,55-/m1/s1.